The maximum Gasteiger partial charge on any atom is 0.243 e. The van der Waals surface area contributed by atoms with E-state index in [-0.39, 0.29) is 11.8 Å². The van der Waals surface area contributed by atoms with Crippen LogP contribution < -0.4 is 0 Å². The molecule has 2 aromatic carbocycles. The highest BCUT2D eigenvalue weighted by atomic mass is 32.2. The Balaban J connectivity index is 1.61. The molecule has 156 valence electrons. The molecule has 0 spiro atoms. The van der Waals surface area contributed by atoms with E-state index < -0.39 is 10.0 Å². The van der Waals surface area contributed by atoms with Crippen LogP contribution in [0.15, 0.2) is 47.4 Å². The average molecular weight is 415 g/mol. The smallest absolute Gasteiger partial charge is 0.243 e. The van der Waals surface area contributed by atoms with Crippen molar-refractivity contribution in [1.29, 1.82) is 0 Å². The molecule has 6 heteroatoms. The standard InChI is InChI=1S/C23H30N2O3S/c1-17-5-8-20(9-6-17)16-24(4)23(26)21-11-13-25(14-12-21)29(27,28)22-10-7-18(2)19(3)15-22/h5-10,15,21H,11-14,16H2,1-4H3. The number of sulfonamides is 1. The van der Waals surface area contributed by atoms with Crippen molar-refractivity contribution in [2.75, 3.05) is 20.1 Å². The summed E-state index contributed by atoms with van der Waals surface area (Å²) in [5, 5.41) is 0. The summed E-state index contributed by atoms with van der Waals surface area (Å²) in [6.45, 7) is 7.26. The molecular weight excluding hydrogens is 384 g/mol. The zero-order valence-electron chi connectivity index (χ0n) is 17.7. The molecule has 0 unspecified atom stereocenters. The van der Waals surface area contributed by atoms with Gasteiger partial charge in [0, 0.05) is 32.6 Å². The molecule has 0 saturated carbocycles. The first-order valence-corrected chi connectivity index (χ1v) is 11.5. The lowest BCUT2D eigenvalue weighted by molar-refractivity contribution is -0.135. The van der Waals surface area contributed by atoms with Gasteiger partial charge in [-0.15, -0.1) is 0 Å². The molecular formula is C23H30N2O3S. The monoisotopic (exact) mass is 414 g/mol. The number of aryl methyl sites for hydroxylation is 3. The summed E-state index contributed by atoms with van der Waals surface area (Å²) in [5.41, 5.74) is 4.33. The molecule has 2 aromatic rings. The zero-order valence-corrected chi connectivity index (χ0v) is 18.5. The van der Waals surface area contributed by atoms with E-state index in [1.54, 1.807) is 17.0 Å². The fourth-order valence-corrected chi connectivity index (χ4v) is 5.28. The third-order valence-electron chi connectivity index (χ3n) is 5.84. The fraction of sp³-hybridized carbons (Fsp3) is 0.435. The highest BCUT2D eigenvalue weighted by Crippen LogP contribution is 2.26. The van der Waals surface area contributed by atoms with Crippen LogP contribution in [0.2, 0.25) is 0 Å². The lowest BCUT2D eigenvalue weighted by atomic mass is 9.96. The first kappa shape index (κ1) is 21.5. The predicted molar refractivity (Wildman–Crippen MR) is 115 cm³/mol. The van der Waals surface area contributed by atoms with Crippen LogP contribution in [0, 0.1) is 26.7 Å². The molecule has 1 fully saturated rings. The van der Waals surface area contributed by atoms with E-state index in [1.807, 2.05) is 58.2 Å². The first-order chi connectivity index (χ1) is 13.7. The van der Waals surface area contributed by atoms with Crippen LogP contribution in [0.25, 0.3) is 0 Å². The zero-order chi connectivity index (χ0) is 21.2. The Hall–Kier alpha value is -2.18. The van der Waals surface area contributed by atoms with E-state index in [0.717, 1.165) is 16.7 Å². The van der Waals surface area contributed by atoms with Gasteiger partial charge >= 0.3 is 0 Å². The summed E-state index contributed by atoms with van der Waals surface area (Å²) < 4.78 is 27.4. The predicted octanol–water partition coefficient (Wildman–Crippen LogP) is 3.67. The SMILES string of the molecule is Cc1ccc(CN(C)C(=O)C2CCN(S(=O)(=O)c3ccc(C)c(C)c3)CC2)cc1. The summed E-state index contributed by atoms with van der Waals surface area (Å²) >= 11 is 0. The number of amides is 1. The van der Waals surface area contributed by atoms with E-state index in [0.29, 0.717) is 37.4 Å². The van der Waals surface area contributed by atoms with Crippen LogP contribution in [-0.2, 0) is 21.4 Å². The Kier molecular flexibility index (Phi) is 6.44. The van der Waals surface area contributed by atoms with E-state index in [2.05, 4.69) is 0 Å². The van der Waals surface area contributed by atoms with Crippen molar-refractivity contribution in [3.63, 3.8) is 0 Å². The highest BCUT2D eigenvalue weighted by Gasteiger charge is 2.33. The van der Waals surface area contributed by atoms with Crippen LogP contribution in [0.4, 0.5) is 0 Å². The van der Waals surface area contributed by atoms with Crippen molar-refractivity contribution in [3.05, 3.63) is 64.7 Å². The van der Waals surface area contributed by atoms with Crippen LogP contribution in [0.3, 0.4) is 0 Å². The molecule has 0 radical (unpaired) electrons. The lowest BCUT2D eigenvalue weighted by Crippen LogP contribution is -2.43. The first-order valence-electron chi connectivity index (χ1n) is 10.1. The largest absolute Gasteiger partial charge is 0.341 e. The van der Waals surface area contributed by atoms with Crippen LogP contribution in [-0.4, -0.2) is 43.7 Å². The Labute approximate surface area is 174 Å². The van der Waals surface area contributed by atoms with Gasteiger partial charge in [0.05, 0.1) is 4.90 Å². The fourth-order valence-electron chi connectivity index (χ4n) is 3.72. The van der Waals surface area contributed by atoms with Crippen LogP contribution >= 0.6 is 0 Å². The maximum absolute atomic E-state index is 13.0. The van der Waals surface area contributed by atoms with Crippen LogP contribution in [0.5, 0.6) is 0 Å². The Morgan fingerprint density at radius 1 is 1.00 bits per heavy atom. The molecule has 0 aliphatic carbocycles. The van der Waals surface area contributed by atoms with E-state index >= 15 is 0 Å². The number of piperidine rings is 1. The minimum atomic E-state index is -3.51. The van der Waals surface area contributed by atoms with Gasteiger partial charge in [0.15, 0.2) is 0 Å². The van der Waals surface area contributed by atoms with Crippen LogP contribution in [0.1, 0.15) is 35.1 Å². The van der Waals surface area contributed by atoms with Crippen molar-refractivity contribution in [1.82, 2.24) is 9.21 Å². The Morgan fingerprint density at radius 3 is 2.21 bits per heavy atom. The number of nitrogens with zero attached hydrogens (tertiary/aromatic N) is 2. The van der Waals surface area contributed by atoms with Gasteiger partial charge in [-0.25, -0.2) is 8.42 Å². The molecule has 1 heterocycles. The molecule has 1 aliphatic heterocycles. The van der Waals surface area contributed by atoms with Gasteiger partial charge in [-0.05, 0) is 62.4 Å². The summed E-state index contributed by atoms with van der Waals surface area (Å²) in [6, 6.07) is 13.4. The third-order valence-corrected chi connectivity index (χ3v) is 7.73. The molecule has 5 nitrogen and oxygen atoms in total. The van der Waals surface area contributed by atoms with Gasteiger partial charge in [-0.1, -0.05) is 35.9 Å². The minimum Gasteiger partial charge on any atom is -0.341 e. The molecule has 0 N–H and O–H groups in total. The van der Waals surface area contributed by atoms with Crippen molar-refractivity contribution < 1.29 is 13.2 Å². The number of carbonyl (C=O) groups is 1. The molecule has 1 aliphatic rings. The molecule has 29 heavy (non-hydrogen) atoms. The molecule has 0 bridgehead atoms. The molecule has 0 aromatic heterocycles. The lowest BCUT2D eigenvalue weighted by Gasteiger charge is -2.32. The summed E-state index contributed by atoms with van der Waals surface area (Å²) in [5.74, 6) is -0.0366. The second-order valence-electron chi connectivity index (χ2n) is 8.10. The number of rotatable bonds is 5. The Morgan fingerprint density at radius 2 is 1.62 bits per heavy atom. The van der Waals surface area contributed by atoms with Gasteiger partial charge in [-0.3, -0.25) is 4.79 Å². The molecule has 1 amide bonds. The maximum atomic E-state index is 13.0. The van der Waals surface area contributed by atoms with E-state index in [9.17, 15) is 13.2 Å². The number of benzene rings is 2. The van der Waals surface area contributed by atoms with Crippen molar-refractivity contribution in [3.8, 4) is 0 Å². The topological polar surface area (TPSA) is 57.7 Å². The van der Waals surface area contributed by atoms with Gasteiger partial charge in [0.2, 0.25) is 15.9 Å². The second kappa shape index (κ2) is 8.67. The van der Waals surface area contributed by atoms with Gasteiger partial charge in [0.25, 0.3) is 0 Å². The van der Waals surface area contributed by atoms with Gasteiger partial charge in [0.1, 0.15) is 0 Å². The number of hydrogen-bond acceptors (Lipinski definition) is 3. The highest BCUT2D eigenvalue weighted by molar-refractivity contribution is 7.89. The quantitative estimate of drug-likeness (QED) is 0.750. The summed E-state index contributed by atoms with van der Waals surface area (Å²) in [4.78, 5) is 14.9. The second-order valence-corrected chi connectivity index (χ2v) is 10.0. The molecule has 0 atom stereocenters. The van der Waals surface area contributed by atoms with Crippen molar-refractivity contribution >= 4 is 15.9 Å². The van der Waals surface area contributed by atoms with Crippen molar-refractivity contribution in [2.45, 2.75) is 45.1 Å². The van der Waals surface area contributed by atoms with Gasteiger partial charge < -0.3 is 4.90 Å². The minimum absolute atomic E-state index is 0.0915. The van der Waals surface area contributed by atoms with E-state index in [4.69, 9.17) is 0 Å². The van der Waals surface area contributed by atoms with Gasteiger partial charge in [-0.2, -0.15) is 4.31 Å². The Bertz CT molecular complexity index is 976. The molecule has 1 saturated heterocycles. The third kappa shape index (κ3) is 4.87. The van der Waals surface area contributed by atoms with E-state index in [1.165, 1.54) is 9.87 Å². The normalized spacial score (nSPS) is 16.0. The number of carbonyl (C=O) groups excluding carboxylic acids is 1. The molecule has 3 rings (SSSR count). The summed E-state index contributed by atoms with van der Waals surface area (Å²) in [7, 11) is -1.70. The number of hydrogen-bond donors (Lipinski definition) is 0. The summed E-state index contributed by atoms with van der Waals surface area (Å²) in [6.07, 6.45) is 1.11. The van der Waals surface area contributed by atoms with Crippen molar-refractivity contribution in [2.24, 2.45) is 5.92 Å². The average Bonchev–Trinajstić information content (AvgIpc) is 2.71.